The van der Waals surface area contributed by atoms with Crippen molar-refractivity contribution >= 4 is 5.57 Å². The van der Waals surface area contributed by atoms with Crippen molar-refractivity contribution in [3.8, 4) is 11.1 Å². The van der Waals surface area contributed by atoms with Gasteiger partial charge in [0.1, 0.15) is 0 Å². The number of hydrogen-bond acceptors (Lipinski definition) is 0. The second-order valence-corrected chi connectivity index (χ2v) is 6.79. The summed E-state index contributed by atoms with van der Waals surface area (Å²) in [4.78, 5) is 0. The zero-order valence-electron chi connectivity index (χ0n) is 14.2. The average Bonchev–Trinajstić information content (AvgIpc) is 3.13. The molecule has 24 heavy (non-hydrogen) atoms. The van der Waals surface area contributed by atoms with E-state index >= 15 is 0 Å². The van der Waals surface area contributed by atoms with Gasteiger partial charge in [0.05, 0.1) is 0 Å². The van der Waals surface area contributed by atoms with Crippen LogP contribution in [0.5, 0.6) is 0 Å². The molecule has 1 saturated carbocycles. The second kappa shape index (κ2) is 8.14. The van der Waals surface area contributed by atoms with E-state index in [4.69, 9.17) is 0 Å². The van der Waals surface area contributed by atoms with Gasteiger partial charge in [0, 0.05) is 21.7 Å². The first-order valence-corrected chi connectivity index (χ1v) is 8.98. The van der Waals surface area contributed by atoms with Gasteiger partial charge in [-0.2, -0.15) is 0 Å². The molecule has 2 aliphatic rings. The third-order valence-corrected chi connectivity index (χ3v) is 5.35. The van der Waals surface area contributed by atoms with Crippen molar-refractivity contribution in [3.63, 3.8) is 0 Å². The minimum absolute atomic E-state index is 0. The van der Waals surface area contributed by atoms with Crippen LogP contribution in [0.4, 0.5) is 0 Å². The zero-order chi connectivity index (χ0) is 15.5. The molecule has 2 aliphatic carbocycles. The fraction of sp³-hybridized carbons (Fsp3) is 0.304. The molecule has 0 amide bonds. The maximum atomic E-state index is 2.41. The van der Waals surface area contributed by atoms with E-state index in [1.165, 1.54) is 48.8 Å². The van der Waals surface area contributed by atoms with Gasteiger partial charge < -0.3 is 0 Å². The van der Waals surface area contributed by atoms with Crippen LogP contribution in [0.3, 0.4) is 0 Å². The van der Waals surface area contributed by atoms with E-state index in [2.05, 4.69) is 66.7 Å². The summed E-state index contributed by atoms with van der Waals surface area (Å²) in [6.45, 7) is 0. The summed E-state index contributed by atoms with van der Waals surface area (Å²) < 4.78 is 0. The molecular weight excluding hydrogens is 324 g/mol. The van der Waals surface area contributed by atoms with Crippen LogP contribution in [0.25, 0.3) is 16.7 Å². The van der Waals surface area contributed by atoms with Crippen LogP contribution in [0, 0.1) is 5.92 Å². The third-order valence-electron chi connectivity index (χ3n) is 5.35. The number of benzene rings is 2. The largest absolute Gasteiger partial charge is 0.0798 e. The molecule has 0 spiro atoms. The molecule has 0 aromatic heterocycles. The van der Waals surface area contributed by atoms with Crippen molar-refractivity contribution in [1.82, 2.24) is 0 Å². The van der Waals surface area contributed by atoms with Crippen LogP contribution in [-0.2, 0) is 21.7 Å². The molecule has 2 aromatic carbocycles. The quantitative estimate of drug-likeness (QED) is 0.545. The fourth-order valence-corrected chi connectivity index (χ4v) is 4.20. The van der Waals surface area contributed by atoms with Crippen LogP contribution >= 0.6 is 0 Å². The van der Waals surface area contributed by atoms with E-state index in [0.717, 1.165) is 12.3 Å². The fourth-order valence-electron chi connectivity index (χ4n) is 4.20. The third kappa shape index (κ3) is 3.51. The summed E-state index contributed by atoms with van der Waals surface area (Å²) in [5, 5.41) is 0. The smallest absolute Gasteiger partial charge is 0 e. The standard InChI is InChI=1S/C23H24.Ti/c1-3-10-18(11-4-1)20-14-7-8-15-22(20)23-17-9-16-21(23)19-12-5-2-6-13-19;/h1,3-4,7-11,14-16,19H,2,5-6,12-13,17H2;. The average molecular weight is 348 g/mol. The molecule has 0 heterocycles. The molecule has 0 bridgehead atoms. The van der Waals surface area contributed by atoms with E-state index in [0.29, 0.717) is 0 Å². The topological polar surface area (TPSA) is 0 Å². The molecule has 1 fully saturated rings. The zero-order valence-corrected chi connectivity index (χ0v) is 15.7. The minimum atomic E-state index is 0. The molecule has 0 radical (unpaired) electrons. The van der Waals surface area contributed by atoms with Crippen molar-refractivity contribution in [2.24, 2.45) is 5.92 Å². The molecule has 0 unspecified atom stereocenters. The summed E-state index contributed by atoms with van der Waals surface area (Å²) in [6, 6.07) is 19.7. The van der Waals surface area contributed by atoms with Gasteiger partial charge in [0.25, 0.3) is 0 Å². The van der Waals surface area contributed by atoms with Crippen LogP contribution < -0.4 is 0 Å². The first kappa shape index (κ1) is 17.5. The van der Waals surface area contributed by atoms with Crippen molar-refractivity contribution in [2.75, 3.05) is 0 Å². The Bertz CT molecular complexity index is 734. The molecule has 2 aromatic rings. The minimum Gasteiger partial charge on any atom is -0.0798 e. The van der Waals surface area contributed by atoms with Crippen LogP contribution in [-0.4, -0.2) is 0 Å². The summed E-state index contributed by atoms with van der Waals surface area (Å²) in [7, 11) is 0. The first-order valence-electron chi connectivity index (χ1n) is 8.98. The molecule has 0 atom stereocenters. The Kier molecular flexibility index (Phi) is 5.92. The molecule has 0 saturated heterocycles. The Morgan fingerprint density at radius 3 is 2.12 bits per heavy atom. The van der Waals surface area contributed by atoms with Gasteiger partial charge in [0.2, 0.25) is 0 Å². The Morgan fingerprint density at radius 1 is 0.708 bits per heavy atom. The van der Waals surface area contributed by atoms with E-state index < -0.39 is 0 Å². The predicted molar refractivity (Wildman–Crippen MR) is 99.1 cm³/mol. The van der Waals surface area contributed by atoms with Crippen molar-refractivity contribution in [2.45, 2.75) is 38.5 Å². The van der Waals surface area contributed by atoms with Crippen molar-refractivity contribution in [3.05, 3.63) is 77.9 Å². The molecule has 1 heteroatoms. The van der Waals surface area contributed by atoms with Crippen LogP contribution in [0.15, 0.2) is 72.3 Å². The molecule has 0 N–H and O–H groups in total. The summed E-state index contributed by atoms with van der Waals surface area (Å²) >= 11 is 0. The number of allylic oxidation sites excluding steroid dienone is 4. The van der Waals surface area contributed by atoms with Gasteiger partial charge >= 0.3 is 0 Å². The van der Waals surface area contributed by atoms with Crippen molar-refractivity contribution < 1.29 is 21.7 Å². The first-order chi connectivity index (χ1) is 11.4. The van der Waals surface area contributed by atoms with Crippen molar-refractivity contribution in [1.29, 1.82) is 0 Å². The van der Waals surface area contributed by atoms with E-state index in [1.807, 2.05) is 0 Å². The summed E-state index contributed by atoms with van der Waals surface area (Å²) in [5.74, 6) is 0.779. The number of hydrogen-bond donors (Lipinski definition) is 0. The maximum Gasteiger partial charge on any atom is 0 e. The Labute approximate surface area is 160 Å². The van der Waals surface area contributed by atoms with E-state index in [1.54, 1.807) is 11.1 Å². The van der Waals surface area contributed by atoms with Gasteiger partial charge in [0.15, 0.2) is 0 Å². The molecule has 120 valence electrons. The SMILES string of the molecule is C1=CC(C2CCCCC2)=C(c2ccccc2-c2ccccc2)C1.[Ti]. The Morgan fingerprint density at radius 2 is 1.38 bits per heavy atom. The van der Waals surface area contributed by atoms with Crippen LogP contribution in [0.1, 0.15) is 44.1 Å². The van der Waals surface area contributed by atoms with Gasteiger partial charge in [-0.25, -0.2) is 0 Å². The van der Waals surface area contributed by atoms with Gasteiger partial charge in [-0.05, 0) is 53.0 Å². The molecule has 0 aliphatic heterocycles. The number of rotatable bonds is 3. The van der Waals surface area contributed by atoms with E-state index in [-0.39, 0.29) is 21.7 Å². The summed E-state index contributed by atoms with van der Waals surface area (Å²) in [5.41, 5.74) is 7.32. The Hall–Kier alpha value is -1.37. The Balaban J connectivity index is 0.00000169. The van der Waals surface area contributed by atoms with E-state index in [9.17, 15) is 0 Å². The second-order valence-electron chi connectivity index (χ2n) is 6.79. The van der Waals surface area contributed by atoms with Gasteiger partial charge in [-0.3, -0.25) is 0 Å². The molecule has 4 rings (SSSR count). The monoisotopic (exact) mass is 348 g/mol. The molecule has 0 nitrogen and oxygen atoms in total. The normalized spacial score (nSPS) is 17.8. The maximum absolute atomic E-state index is 2.41. The van der Waals surface area contributed by atoms with Gasteiger partial charge in [-0.1, -0.05) is 86.0 Å². The van der Waals surface area contributed by atoms with Gasteiger partial charge in [-0.15, -0.1) is 0 Å². The summed E-state index contributed by atoms with van der Waals surface area (Å²) in [6.07, 6.45) is 12.8. The molecular formula is C23H24Ti. The predicted octanol–water partition coefficient (Wildman–Crippen LogP) is 6.64. The van der Waals surface area contributed by atoms with Crippen LogP contribution in [0.2, 0.25) is 0 Å².